The highest BCUT2D eigenvalue weighted by molar-refractivity contribution is 7.86. The minimum absolute atomic E-state index is 0.0796. The number of quaternary nitrogens is 1. The molecule has 3 rings (SSSR count). The van der Waals surface area contributed by atoms with Crippen molar-refractivity contribution in [1.29, 1.82) is 0 Å². The SMILES string of the molecule is Cc1ccc(S(=O)(=O)O[N+]23CCCCCC2=NCCC3)cc1. The molecule has 0 spiro atoms. The van der Waals surface area contributed by atoms with Crippen LogP contribution in [0.1, 0.15) is 37.7 Å². The number of hydrogen-bond acceptors (Lipinski definition) is 4. The molecule has 1 aromatic carbocycles. The largest absolute Gasteiger partial charge is 0.343 e. The fourth-order valence-electron chi connectivity index (χ4n) is 3.20. The van der Waals surface area contributed by atoms with Gasteiger partial charge in [-0.1, -0.05) is 22.0 Å². The Labute approximate surface area is 132 Å². The van der Waals surface area contributed by atoms with Gasteiger partial charge in [-0.15, -0.1) is 4.65 Å². The minimum atomic E-state index is -3.78. The van der Waals surface area contributed by atoms with Crippen LogP contribution in [-0.4, -0.2) is 38.5 Å². The summed E-state index contributed by atoms with van der Waals surface area (Å²) in [6.45, 7) is 4.11. The zero-order chi connectivity index (χ0) is 15.6. The summed E-state index contributed by atoms with van der Waals surface area (Å²) in [7, 11) is -3.78. The van der Waals surface area contributed by atoms with Gasteiger partial charge in [-0.25, -0.2) is 4.99 Å². The van der Waals surface area contributed by atoms with Crippen molar-refractivity contribution in [3.63, 3.8) is 0 Å². The second-order valence-corrected chi connectivity index (χ2v) is 7.67. The van der Waals surface area contributed by atoms with Crippen molar-refractivity contribution in [2.24, 2.45) is 4.99 Å². The first-order chi connectivity index (χ1) is 10.5. The quantitative estimate of drug-likeness (QED) is 0.804. The number of aryl methyl sites for hydroxylation is 1. The van der Waals surface area contributed by atoms with Crippen molar-refractivity contribution in [2.45, 2.75) is 43.9 Å². The first kappa shape index (κ1) is 15.6. The van der Waals surface area contributed by atoms with Crippen LogP contribution in [0.4, 0.5) is 0 Å². The number of hydrogen-bond donors (Lipinski definition) is 0. The Morgan fingerprint density at radius 2 is 1.77 bits per heavy atom. The third-order valence-electron chi connectivity index (χ3n) is 4.41. The minimum Gasteiger partial charge on any atom is -0.236 e. The lowest BCUT2D eigenvalue weighted by Gasteiger charge is -2.35. The van der Waals surface area contributed by atoms with E-state index >= 15 is 0 Å². The molecule has 1 saturated heterocycles. The molecule has 2 aliphatic heterocycles. The van der Waals surface area contributed by atoms with Crippen molar-refractivity contribution in [3.05, 3.63) is 29.8 Å². The summed E-state index contributed by atoms with van der Waals surface area (Å²) in [6.07, 6.45) is 4.85. The molecule has 0 bridgehead atoms. The highest BCUT2D eigenvalue weighted by atomic mass is 32.2. The van der Waals surface area contributed by atoms with E-state index in [2.05, 4.69) is 4.99 Å². The predicted molar refractivity (Wildman–Crippen MR) is 84.8 cm³/mol. The van der Waals surface area contributed by atoms with E-state index in [4.69, 9.17) is 4.28 Å². The lowest BCUT2D eigenvalue weighted by Crippen LogP contribution is -2.56. The van der Waals surface area contributed by atoms with Crippen LogP contribution < -0.4 is 0 Å². The van der Waals surface area contributed by atoms with Gasteiger partial charge in [0, 0.05) is 19.3 Å². The number of nitrogens with zero attached hydrogens (tertiary/aromatic N) is 2. The molecule has 0 amide bonds. The number of fused-ring (bicyclic) bond motifs is 1. The van der Waals surface area contributed by atoms with Crippen LogP contribution in [0.3, 0.4) is 0 Å². The second-order valence-electron chi connectivity index (χ2n) is 6.14. The van der Waals surface area contributed by atoms with Crippen LogP contribution in [-0.2, 0) is 14.4 Å². The van der Waals surface area contributed by atoms with Crippen LogP contribution in [0, 0.1) is 6.92 Å². The van der Waals surface area contributed by atoms with E-state index in [-0.39, 0.29) is 9.54 Å². The Balaban J connectivity index is 1.93. The van der Waals surface area contributed by atoms with Gasteiger partial charge in [-0.3, -0.25) is 0 Å². The molecule has 120 valence electrons. The lowest BCUT2D eigenvalue weighted by atomic mass is 10.2. The molecule has 0 aromatic heterocycles. The maximum atomic E-state index is 12.7. The normalized spacial score (nSPS) is 26.0. The topological polar surface area (TPSA) is 55.7 Å². The molecule has 1 unspecified atom stereocenters. The molecule has 6 heteroatoms. The smallest absolute Gasteiger partial charge is 0.236 e. The molecule has 5 nitrogen and oxygen atoms in total. The Morgan fingerprint density at radius 3 is 2.55 bits per heavy atom. The van der Waals surface area contributed by atoms with Gasteiger partial charge < -0.3 is 0 Å². The summed E-state index contributed by atoms with van der Waals surface area (Å²) in [6, 6.07) is 6.82. The molecule has 0 aliphatic carbocycles. The molecule has 0 radical (unpaired) electrons. The van der Waals surface area contributed by atoms with Crippen molar-refractivity contribution in [2.75, 3.05) is 19.6 Å². The van der Waals surface area contributed by atoms with E-state index in [1.54, 1.807) is 24.3 Å². The summed E-state index contributed by atoms with van der Waals surface area (Å²) < 4.78 is 31.2. The Morgan fingerprint density at radius 1 is 1.05 bits per heavy atom. The third kappa shape index (κ3) is 3.09. The van der Waals surface area contributed by atoms with Crippen LogP contribution >= 0.6 is 0 Å². The maximum absolute atomic E-state index is 12.7. The lowest BCUT2D eigenvalue weighted by molar-refractivity contribution is -1.01. The van der Waals surface area contributed by atoms with Crippen molar-refractivity contribution in [3.8, 4) is 0 Å². The Hall–Kier alpha value is -1.24. The highest BCUT2D eigenvalue weighted by Crippen LogP contribution is 2.29. The van der Waals surface area contributed by atoms with E-state index in [0.717, 1.165) is 50.0 Å². The predicted octanol–water partition coefficient (Wildman–Crippen LogP) is 2.81. The number of aliphatic imine (C=N–C) groups is 1. The number of rotatable bonds is 3. The van der Waals surface area contributed by atoms with Gasteiger partial charge in [0.25, 0.3) is 0 Å². The average molecular weight is 323 g/mol. The third-order valence-corrected chi connectivity index (χ3v) is 5.74. The van der Waals surface area contributed by atoms with E-state index < -0.39 is 10.1 Å². The van der Waals surface area contributed by atoms with E-state index in [1.807, 2.05) is 6.92 Å². The standard InChI is InChI=1S/C16H23N2O3S/c1-14-7-9-15(10-8-14)22(19,20)21-18-12-4-2-3-6-16(18)17-11-5-13-18/h7-10H,2-6,11-13H2,1H3/q+1. The van der Waals surface area contributed by atoms with Gasteiger partial charge in [0.15, 0.2) is 0 Å². The van der Waals surface area contributed by atoms with Crippen molar-refractivity contribution >= 4 is 16.0 Å². The highest BCUT2D eigenvalue weighted by Gasteiger charge is 2.44. The molecule has 1 fully saturated rings. The van der Waals surface area contributed by atoms with Gasteiger partial charge in [-0.2, -0.15) is 8.42 Å². The summed E-state index contributed by atoms with van der Waals surface area (Å²) in [5.41, 5.74) is 1.03. The van der Waals surface area contributed by atoms with E-state index in [1.165, 1.54) is 0 Å². The first-order valence-electron chi connectivity index (χ1n) is 7.96. The zero-order valence-corrected chi connectivity index (χ0v) is 13.8. The Bertz CT molecular complexity index is 667. The van der Waals surface area contributed by atoms with Gasteiger partial charge in [0.2, 0.25) is 5.84 Å². The summed E-state index contributed by atoms with van der Waals surface area (Å²) in [4.78, 5) is 4.80. The number of amidine groups is 1. The molecule has 1 aromatic rings. The molecule has 2 aliphatic rings. The number of hydroxylamine groups is 3. The van der Waals surface area contributed by atoms with Crippen molar-refractivity contribution in [1.82, 2.24) is 0 Å². The molecule has 0 N–H and O–H groups in total. The molecular weight excluding hydrogens is 300 g/mol. The molecule has 2 heterocycles. The van der Waals surface area contributed by atoms with Crippen LogP contribution in [0.2, 0.25) is 0 Å². The van der Waals surface area contributed by atoms with Crippen molar-refractivity contribution < 1.29 is 17.3 Å². The van der Waals surface area contributed by atoms with Gasteiger partial charge in [0.05, 0.1) is 11.4 Å². The van der Waals surface area contributed by atoms with Gasteiger partial charge in [0.1, 0.15) is 13.1 Å². The molecule has 1 atom stereocenters. The first-order valence-corrected chi connectivity index (χ1v) is 9.37. The van der Waals surface area contributed by atoms with Gasteiger partial charge >= 0.3 is 10.1 Å². The monoisotopic (exact) mass is 323 g/mol. The second kappa shape index (κ2) is 6.10. The number of benzene rings is 1. The summed E-state index contributed by atoms with van der Waals surface area (Å²) in [5.74, 6) is 0.902. The summed E-state index contributed by atoms with van der Waals surface area (Å²) >= 11 is 0. The van der Waals surface area contributed by atoms with Gasteiger partial charge in [-0.05, 0) is 31.9 Å². The zero-order valence-electron chi connectivity index (χ0n) is 13.0. The molecule has 0 saturated carbocycles. The fraction of sp³-hybridized carbons (Fsp3) is 0.562. The van der Waals surface area contributed by atoms with Crippen LogP contribution in [0.5, 0.6) is 0 Å². The van der Waals surface area contributed by atoms with Crippen LogP contribution in [0.25, 0.3) is 0 Å². The van der Waals surface area contributed by atoms with Crippen LogP contribution in [0.15, 0.2) is 34.2 Å². The van der Waals surface area contributed by atoms with E-state index in [9.17, 15) is 8.42 Å². The molecule has 22 heavy (non-hydrogen) atoms. The Kier molecular flexibility index (Phi) is 4.34. The average Bonchev–Trinajstić information content (AvgIpc) is 2.69. The summed E-state index contributed by atoms with van der Waals surface area (Å²) in [5, 5.41) is 0. The maximum Gasteiger partial charge on any atom is 0.343 e. The fourth-order valence-corrected chi connectivity index (χ4v) is 4.36. The molecular formula is C16H23N2O3S+. The van der Waals surface area contributed by atoms with E-state index in [0.29, 0.717) is 13.1 Å².